The summed E-state index contributed by atoms with van der Waals surface area (Å²) in [6.07, 6.45) is 1.21. The zero-order valence-corrected chi connectivity index (χ0v) is 19.1. The zero-order chi connectivity index (χ0) is 23.8. The Morgan fingerprint density at radius 1 is 0.941 bits per heavy atom. The van der Waals surface area contributed by atoms with Crippen LogP contribution >= 0.6 is 11.6 Å². The lowest BCUT2D eigenvalue weighted by atomic mass is 9.84. The molecule has 0 bridgehead atoms. The van der Waals surface area contributed by atoms with E-state index in [1.54, 1.807) is 30.3 Å². The van der Waals surface area contributed by atoms with Gasteiger partial charge in [0.1, 0.15) is 0 Å². The smallest absolute Gasteiger partial charge is 0.261 e. The van der Waals surface area contributed by atoms with Crippen LogP contribution in [0.3, 0.4) is 0 Å². The predicted molar refractivity (Wildman–Crippen MR) is 130 cm³/mol. The van der Waals surface area contributed by atoms with E-state index in [-0.39, 0.29) is 36.7 Å². The number of hydrogen-bond donors (Lipinski definition) is 0. The quantitative estimate of drug-likeness (QED) is 0.278. The van der Waals surface area contributed by atoms with Gasteiger partial charge in [0.25, 0.3) is 11.8 Å². The number of benzene rings is 3. The van der Waals surface area contributed by atoms with Crippen molar-refractivity contribution in [2.24, 2.45) is 11.8 Å². The van der Waals surface area contributed by atoms with E-state index < -0.39 is 12.0 Å². The fraction of sp³-hybridized carbons (Fsp3) is 0.179. The summed E-state index contributed by atoms with van der Waals surface area (Å²) in [5, 5.41) is 0.669. The number of ether oxygens (including phenoxy) is 1. The van der Waals surface area contributed by atoms with Crippen molar-refractivity contribution in [1.29, 1.82) is 0 Å². The second-order valence-corrected chi connectivity index (χ2v) is 8.94. The van der Waals surface area contributed by atoms with Crippen LogP contribution in [0, 0.1) is 11.8 Å². The number of carbonyl (C=O) groups is 3. The lowest BCUT2D eigenvalue weighted by Crippen LogP contribution is -2.39. The number of hydrogen-bond acceptors (Lipinski definition) is 4. The highest BCUT2D eigenvalue weighted by atomic mass is 35.5. The van der Waals surface area contributed by atoms with E-state index in [4.69, 9.17) is 16.3 Å². The average molecular weight is 472 g/mol. The first-order valence-electron chi connectivity index (χ1n) is 11.1. The summed E-state index contributed by atoms with van der Waals surface area (Å²) in [5.74, 6) is -1.46. The molecule has 2 amide bonds. The average Bonchev–Trinajstić information content (AvgIpc) is 3.39. The SMILES string of the molecule is C=C[C@H]1[C@H](CN2C(=O)c3ccccc3C2=O)OC[C@@H]1C(=O)c1ccc(-c2ccc(Cl)cc2)cc1. The molecule has 0 N–H and O–H groups in total. The summed E-state index contributed by atoms with van der Waals surface area (Å²) in [7, 11) is 0. The molecule has 0 saturated carbocycles. The maximum Gasteiger partial charge on any atom is 0.261 e. The van der Waals surface area contributed by atoms with Crippen LogP contribution < -0.4 is 0 Å². The molecular formula is C28H22ClNO4. The van der Waals surface area contributed by atoms with Crippen LogP contribution in [-0.2, 0) is 4.74 Å². The molecule has 3 aromatic carbocycles. The van der Waals surface area contributed by atoms with E-state index in [2.05, 4.69) is 6.58 Å². The molecule has 2 aliphatic rings. The van der Waals surface area contributed by atoms with Gasteiger partial charge in [0, 0.05) is 16.5 Å². The molecule has 0 spiro atoms. The van der Waals surface area contributed by atoms with Gasteiger partial charge in [-0.1, -0.05) is 66.2 Å². The minimum absolute atomic E-state index is 0.0441. The molecule has 3 atom stereocenters. The second-order valence-electron chi connectivity index (χ2n) is 8.51. The van der Waals surface area contributed by atoms with Gasteiger partial charge in [-0.05, 0) is 35.4 Å². The normalized spacial score (nSPS) is 21.6. The van der Waals surface area contributed by atoms with Crippen LogP contribution in [-0.4, -0.2) is 41.8 Å². The molecule has 1 fully saturated rings. The molecular weight excluding hydrogens is 450 g/mol. The Balaban J connectivity index is 1.30. The van der Waals surface area contributed by atoms with Crippen LogP contribution in [0.1, 0.15) is 31.1 Å². The van der Waals surface area contributed by atoms with Gasteiger partial charge >= 0.3 is 0 Å². The molecule has 1 saturated heterocycles. The fourth-order valence-corrected chi connectivity index (χ4v) is 4.84. The van der Waals surface area contributed by atoms with Gasteiger partial charge in [0.15, 0.2) is 5.78 Å². The summed E-state index contributed by atoms with van der Waals surface area (Å²) in [4.78, 5) is 40.0. The highest BCUT2D eigenvalue weighted by molar-refractivity contribution is 6.30. The number of rotatable bonds is 6. The first kappa shape index (κ1) is 22.3. The Kier molecular flexibility index (Phi) is 5.90. The van der Waals surface area contributed by atoms with E-state index in [1.807, 2.05) is 48.5 Å². The zero-order valence-electron chi connectivity index (χ0n) is 18.3. The summed E-state index contributed by atoms with van der Waals surface area (Å²) in [6, 6.07) is 21.7. The Morgan fingerprint density at radius 3 is 2.06 bits per heavy atom. The molecule has 34 heavy (non-hydrogen) atoms. The van der Waals surface area contributed by atoms with Crippen LogP contribution in [0.15, 0.2) is 85.5 Å². The number of imide groups is 1. The van der Waals surface area contributed by atoms with Gasteiger partial charge in [-0.15, -0.1) is 6.58 Å². The lowest BCUT2D eigenvalue weighted by Gasteiger charge is -2.23. The molecule has 0 aliphatic carbocycles. The Hall–Kier alpha value is -3.54. The molecule has 0 unspecified atom stereocenters. The van der Waals surface area contributed by atoms with Crippen molar-refractivity contribution in [2.75, 3.05) is 13.2 Å². The van der Waals surface area contributed by atoms with Crippen molar-refractivity contribution in [1.82, 2.24) is 4.90 Å². The standard InChI is InChI=1S/C28H22ClNO4/c1-2-21-24(26(31)19-9-7-17(8-10-19)18-11-13-20(29)14-12-18)16-34-25(21)15-30-27(32)22-5-3-4-6-23(22)28(30)33/h2-14,21,24-25H,1,15-16H2/t21-,24+,25+/m1/s1. The van der Waals surface area contributed by atoms with Crippen molar-refractivity contribution >= 4 is 29.2 Å². The molecule has 3 aromatic rings. The number of ketones is 1. The van der Waals surface area contributed by atoms with Crippen molar-refractivity contribution in [2.45, 2.75) is 6.10 Å². The highest BCUT2D eigenvalue weighted by Crippen LogP contribution is 2.34. The van der Waals surface area contributed by atoms with Gasteiger partial charge in [0.2, 0.25) is 0 Å². The topological polar surface area (TPSA) is 63.7 Å². The van der Waals surface area contributed by atoms with E-state index >= 15 is 0 Å². The van der Waals surface area contributed by atoms with Gasteiger partial charge in [-0.3, -0.25) is 19.3 Å². The number of carbonyl (C=O) groups excluding carboxylic acids is 3. The molecule has 0 aromatic heterocycles. The number of Topliss-reactive ketones (excluding diaryl/α,β-unsaturated/α-hetero) is 1. The first-order valence-corrected chi connectivity index (χ1v) is 11.5. The molecule has 5 nitrogen and oxygen atoms in total. The van der Waals surface area contributed by atoms with E-state index in [0.717, 1.165) is 11.1 Å². The number of fused-ring (bicyclic) bond motifs is 1. The molecule has 0 radical (unpaired) electrons. The van der Waals surface area contributed by atoms with E-state index in [9.17, 15) is 14.4 Å². The fourth-order valence-electron chi connectivity index (χ4n) is 4.72. The minimum Gasteiger partial charge on any atom is -0.375 e. The maximum atomic E-state index is 13.3. The number of amides is 2. The van der Waals surface area contributed by atoms with E-state index in [0.29, 0.717) is 21.7 Å². The van der Waals surface area contributed by atoms with Crippen molar-refractivity contribution in [3.8, 4) is 11.1 Å². The molecule has 5 rings (SSSR count). The Labute approximate surface area is 202 Å². The third-order valence-corrected chi connectivity index (χ3v) is 6.83. The Bertz CT molecular complexity index is 1250. The van der Waals surface area contributed by atoms with Crippen LogP contribution in [0.25, 0.3) is 11.1 Å². The third kappa shape index (κ3) is 3.87. The van der Waals surface area contributed by atoms with Gasteiger partial charge in [-0.25, -0.2) is 0 Å². The monoisotopic (exact) mass is 471 g/mol. The van der Waals surface area contributed by atoms with Gasteiger partial charge in [0.05, 0.1) is 36.3 Å². The van der Waals surface area contributed by atoms with Crippen LogP contribution in [0.5, 0.6) is 0 Å². The van der Waals surface area contributed by atoms with E-state index in [1.165, 1.54) is 4.90 Å². The van der Waals surface area contributed by atoms with Crippen LogP contribution in [0.4, 0.5) is 0 Å². The second kappa shape index (κ2) is 9.01. The van der Waals surface area contributed by atoms with Crippen molar-refractivity contribution in [3.63, 3.8) is 0 Å². The number of halogens is 1. The minimum atomic E-state index is -0.484. The van der Waals surface area contributed by atoms with Crippen LogP contribution in [0.2, 0.25) is 5.02 Å². The summed E-state index contributed by atoms with van der Waals surface area (Å²) < 4.78 is 5.92. The Morgan fingerprint density at radius 2 is 1.50 bits per heavy atom. The molecule has 2 heterocycles. The lowest BCUT2D eigenvalue weighted by molar-refractivity contribution is 0.0432. The molecule has 6 heteroatoms. The predicted octanol–water partition coefficient (Wildman–Crippen LogP) is 5.30. The molecule has 2 aliphatic heterocycles. The van der Waals surface area contributed by atoms with Gasteiger partial charge in [-0.2, -0.15) is 0 Å². The first-order chi connectivity index (χ1) is 16.5. The maximum absolute atomic E-state index is 13.3. The highest BCUT2D eigenvalue weighted by Gasteiger charge is 2.44. The van der Waals surface area contributed by atoms with Gasteiger partial charge < -0.3 is 4.74 Å². The largest absolute Gasteiger partial charge is 0.375 e. The van der Waals surface area contributed by atoms with Crippen molar-refractivity contribution in [3.05, 3.63) is 107 Å². The number of nitrogens with zero attached hydrogens (tertiary/aromatic N) is 1. The molecule has 170 valence electrons. The summed E-state index contributed by atoms with van der Waals surface area (Å²) in [5.41, 5.74) is 3.37. The third-order valence-electron chi connectivity index (χ3n) is 6.58. The van der Waals surface area contributed by atoms with Crippen molar-refractivity contribution < 1.29 is 19.1 Å². The summed E-state index contributed by atoms with van der Waals surface area (Å²) >= 11 is 5.97. The summed E-state index contributed by atoms with van der Waals surface area (Å²) in [6.45, 7) is 4.20.